The Bertz CT molecular complexity index is 1310. The first kappa shape index (κ1) is 30.2. The number of methoxy groups -OCH3 is 1. The Morgan fingerprint density at radius 3 is 2.64 bits per heavy atom. The van der Waals surface area contributed by atoms with Gasteiger partial charge in [0.15, 0.2) is 29.8 Å². The van der Waals surface area contributed by atoms with Crippen LogP contribution in [0.25, 0.3) is 0 Å². The second-order valence-electron chi connectivity index (χ2n) is 12.3. The van der Waals surface area contributed by atoms with E-state index in [0.29, 0.717) is 23.7 Å². The summed E-state index contributed by atoms with van der Waals surface area (Å²) in [5.74, 6) is 5.12. The minimum absolute atomic E-state index is 0.0969. The summed E-state index contributed by atoms with van der Waals surface area (Å²) in [6, 6.07) is 4.00. The number of carbonyl (C=O) groups excluding carboxylic acids is 2. The Morgan fingerprint density at radius 1 is 1.17 bits per heavy atom. The highest BCUT2D eigenvalue weighted by Gasteiger charge is 2.59. The molecule has 1 aromatic rings. The Morgan fingerprint density at radius 2 is 1.93 bits per heavy atom. The molecule has 0 amide bonds. The molecule has 1 spiro atoms. The molecule has 2 N–H and O–H groups in total. The Labute approximate surface area is 246 Å². The van der Waals surface area contributed by atoms with E-state index in [4.69, 9.17) is 23.7 Å². The van der Waals surface area contributed by atoms with Gasteiger partial charge in [-0.1, -0.05) is 5.92 Å². The van der Waals surface area contributed by atoms with Gasteiger partial charge < -0.3 is 33.9 Å². The topological polar surface area (TPSA) is 124 Å². The number of nitrogens with zero attached hydrogens (tertiary/aromatic N) is 1. The smallest absolute Gasteiger partial charge is 0.339 e. The first-order valence-corrected chi connectivity index (χ1v) is 14.6. The van der Waals surface area contributed by atoms with Crippen LogP contribution in [0.4, 0.5) is 0 Å². The number of hydrogen-bond acceptors (Lipinski definition) is 10. The summed E-state index contributed by atoms with van der Waals surface area (Å²) >= 11 is 0. The lowest BCUT2D eigenvalue weighted by molar-refractivity contribution is -0.179. The molecule has 228 valence electrons. The van der Waals surface area contributed by atoms with Crippen molar-refractivity contribution in [3.63, 3.8) is 0 Å². The normalized spacial score (nSPS) is 25.5. The number of rotatable bonds is 10. The molecule has 10 nitrogen and oxygen atoms in total. The van der Waals surface area contributed by atoms with Crippen LogP contribution >= 0.6 is 0 Å². The number of hydrogen-bond donors (Lipinski definition) is 2. The van der Waals surface area contributed by atoms with Crippen molar-refractivity contribution in [2.24, 2.45) is 0 Å². The van der Waals surface area contributed by atoms with Crippen LogP contribution in [0.5, 0.6) is 11.5 Å². The standard InChI is InChI=1S/C32H41NO9/c1-5-6-15-39-26(34)19-32(37,12-7-10-30(2,3)36)29(35)42-28-25(38-4)18-31-11-8-13-33(31)14-9-21-16-23-24(41-20-40-23)17-22(21)27(28)31/h16-18,27-28,36-37H,7-15,19-20H2,1-4H3/t27-,28?,31+,32?/m1/s1. The lowest BCUT2D eigenvalue weighted by Gasteiger charge is -2.39. The van der Waals surface area contributed by atoms with Crippen LogP contribution in [0, 0.1) is 11.8 Å². The molecule has 0 aromatic heterocycles. The molecule has 4 atom stereocenters. The largest absolute Gasteiger partial charge is 0.497 e. The van der Waals surface area contributed by atoms with Gasteiger partial charge in [0.25, 0.3) is 0 Å². The number of ether oxygens (including phenoxy) is 5. The summed E-state index contributed by atoms with van der Waals surface area (Å²) in [6.07, 6.45) is 3.77. The van der Waals surface area contributed by atoms with Gasteiger partial charge in [-0.15, -0.1) is 5.92 Å². The summed E-state index contributed by atoms with van der Waals surface area (Å²) in [5.41, 5.74) is -1.53. The maximum absolute atomic E-state index is 13.9. The molecule has 10 heteroatoms. The minimum atomic E-state index is -2.17. The van der Waals surface area contributed by atoms with E-state index in [0.717, 1.165) is 43.5 Å². The highest BCUT2D eigenvalue weighted by Crippen LogP contribution is 2.55. The fourth-order valence-electron chi connectivity index (χ4n) is 6.87. The zero-order valence-corrected chi connectivity index (χ0v) is 24.9. The van der Waals surface area contributed by atoms with Crippen LogP contribution in [-0.2, 0) is 30.2 Å². The van der Waals surface area contributed by atoms with Crippen molar-refractivity contribution < 1.29 is 43.5 Å². The Hall–Kier alpha value is -3.26. The molecule has 0 radical (unpaired) electrons. The first-order chi connectivity index (χ1) is 20.0. The minimum Gasteiger partial charge on any atom is -0.497 e. The fraction of sp³-hybridized carbons (Fsp3) is 0.625. The maximum Gasteiger partial charge on any atom is 0.339 e. The van der Waals surface area contributed by atoms with Gasteiger partial charge in [-0.2, -0.15) is 0 Å². The van der Waals surface area contributed by atoms with Crippen LogP contribution in [0.1, 0.15) is 76.3 Å². The van der Waals surface area contributed by atoms with Gasteiger partial charge in [0.05, 0.1) is 30.6 Å². The SMILES string of the molecule is CC#CCOC(=O)CC(O)(CCCC(C)(C)O)C(=O)OC1C(OC)=C[C@]23CCCN2CCc2cc4c(cc2[C@H]13)OCO4. The van der Waals surface area contributed by atoms with Gasteiger partial charge in [-0.25, -0.2) is 4.79 Å². The van der Waals surface area contributed by atoms with E-state index >= 15 is 0 Å². The average Bonchev–Trinajstić information content (AvgIpc) is 3.61. The van der Waals surface area contributed by atoms with Gasteiger partial charge in [0, 0.05) is 6.54 Å². The van der Waals surface area contributed by atoms with Crippen LogP contribution in [0.2, 0.25) is 0 Å². The molecular formula is C32H41NO9. The van der Waals surface area contributed by atoms with E-state index in [9.17, 15) is 19.8 Å². The molecule has 5 rings (SSSR count). The number of aliphatic hydroxyl groups is 2. The van der Waals surface area contributed by atoms with Crippen LogP contribution in [-0.4, -0.2) is 83.5 Å². The highest BCUT2D eigenvalue weighted by atomic mass is 16.7. The molecule has 0 saturated carbocycles. The van der Waals surface area contributed by atoms with E-state index in [2.05, 4.69) is 22.8 Å². The predicted octanol–water partition coefficient (Wildman–Crippen LogP) is 2.97. The predicted molar refractivity (Wildman–Crippen MR) is 152 cm³/mol. The second-order valence-corrected chi connectivity index (χ2v) is 12.3. The Kier molecular flexibility index (Phi) is 8.48. The summed E-state index contributed by atoms with van der Waals surface area (Å²) in [5, 5.41) is 21.9. The third-order valence-electron chi connectivity index (χ3n) is 8.88. The number of fused-ring (bicyclic) bond motifs is 3. The highest BCUT2D eigenvalue weighted by molar-refractivity contribution is 5.86. The monoisotopic (exact) mass is 583 g/mol. The van der Waals surface area contributed by atoms with E-state index in [1.54, 1.807) is 27.9 Å². The second kappa shape index (κ2) is 11.8. The molecule has 3 aliphatic heterocycles. The van der Waals surface area contributed by atoms with E-state index in [-0.39, 0.29) is 32.2 Å². The van der Waals surface area contributed by atoms with E-state index < -0.39 is 41.2 Å². The summed E-state index contributed by atoms with van der Waals surface area (Å²) in [7, 11) is 1.55. The van der Waals surface area contributed by atoms with Crippen molar-refractivity contribution in [2.45, 2.75) is 94.5 Å². The van der Waals surface area contributed by atoms with Crippen molar-refractivity contribution in [1.29, 1.82) is 0 Å². The maximum atomic E-state index is 13.9. The molecule has 1 aromatic carbocycles. The number of carbonyl (C=O) groups is 2. The fourth-order valence-corrected chi connectivity index (χ4v) is 6.87. The quantitative estimate of drug-likeness (QED) is 0.314. The summed E-state index contributed by atoms with van der Waals surface area (Å²) in [6.45, 7) is 6.66. The molecule has 1 fully saturated rings. The van der Waals surface area contributed by atoms with Gasteiger partial charge in [0.1, 0.15) is 5.76 Å². The zero-order chi connectivity index (χ0) is 30.1. The summed E-state index contributed by atoms with van der Waals surface area (Å²) < 4.78 is 28.6. The molecular weight excluding hydrogens is 542 g/mol. The van der Waals surface area contributed by atoms with Gasteiger partial charge in [-0.05, 0) is 95.2 Å². The molecule has 42 heavy (non-hydrogen) atoms. The van der Waals surface area contributed by atoms with Gasteiger partial charge >= 0.3 is 11.9 Å². The van der Waals surface area contributed by atoms with Crippen LogP contribution in [0.15, 0.2) is 24.0 Å². The Balaban J connectivity index is 1.47. The lowest BCUT2D eigenvalue weighted by Crippen LogP contribution is -2.49. The molecule has 1 saturated heterocycles. The number of esters is 2. The molecule has 4 aliphatic rings. The molecule has 2 unspecified atom stereocenters. The van der Waals surface area contributed by atoms with E-state index in [1.165, 1.54) is 0 Å². The van der Waals surface area contributed by atoms with Gasteiger partial charge in [-0.3, -0.25) is 9.69 Å². The first-order valence-electron chi connectivity index (χ1n) is 14.6. The third kappa shape index (κ3) is 5.83. The van der Waals surface area contributed by atoms with Crippen LogP contribution in [0.3, 0.4) is 0 Å². The van der Waals surface area contributed by atoms with Crippen molar-refractivity contribution in [3.8, 4) is 23.3 Å². The third-order valence-corrected chi connectivity index (χ3v) is 8.88. The zero-order valence-electron chi connectivity index (χ0n) is 24.9. The van der Waals surface area contributed by atoms with Crippen molar-refractivity contribution in [3.05, 3.63) is 35.1 Å². The van der Waals surface area contributed by atoms with Gasteiger partial charge in [0.2, 0.25) is 6.79 Å². The molecule has 3 heterocycles. The molecule has 1 aliphatic carbocycles. The van der Waals surface area contributed by atoms with Crippen LogP contribution < -0.4 is 9.47 Å². The number of benzene rings is 1. The average molecular weight is 584 g/mol. The molecule has 0 bridgehead atoms. The van der Waals surface area contributed by atoms with Crippen molar-refractivity contribution in [1.82, 2.24) is 4.90 Å². The van der Waals surface area contributed by atoms with Crippen molar-refractivity contribution in [2.75, 3.05) is 33.6 Å². The van der Waals surface area contributed by atoms with E-state index in [1.807, 2.05) is 12.1 Å². The lowest BCUT2D eigenvalue weighted by atomic mass is 9.77. The van der Waals surface area contributed by atoms with Crippen molar-refractivity contribution >= 4 is 11.9 Å². The summed E-state index contributed by atoms with van der Waals surface area (Å²) in [4.78, 5) is 29.0.